The van der Waals surface area contributed by atoms with E-state index in [2.05, 4.69) is 77.7 Å². The van der Waals surface area contributed by atoms with Gasteiger partial charge < -0.3 is 10.2 Å². The second kappa shape index (κ2) is 7.57. The Balaban J connectivity index is 2.89. The number of hydrogen-bond donors (Lipinski definition) is 1. The molecular weight excluding hydrogens is 316 g/mol. The van der Waals surface area contributed by atoms with E-state index in [1.165, 1.54) is 5.69 Å². The van der Waals surface area contributed by atoms with Crippen molar-refractivity contribution in [3.63, 3.8) is 0 Å². The number of nitrogens with zero attached hydrogens (tertiary/aromatic N) is 3. The summed E-state index contributed by atoms with van der Waals surface area (Å²) in [5, 5.41) is 8.03. The molecule has 1 rings (SSSR count). The normalized spacial score (nSPS) is 14.0. The number of hydrogen-bond acceptors (Lipinski definition) is 3. The third kappa shape index (κ3) is 4.86. The smallest absolute Gasteiger partial charge is 0.0635 e. The molecule has 0 radical (unpaired) electrons. The molecule has 116 valence electrons. The molecule has 0 aromatic carbocycles. The maximum absolute atomic E-state index is 4.53. The molecule has 1 aromatic heterocycles. The molecule has 0 amide bonds. The van der Waals surface area contributed by atoms with Gasteiger partial charge >= 0.3 is 0 Å². The van der Waals surface area contributed by atoms with Crippen molar-refractivity contribution in [2.45, 2.75) is 52.1 Å². The molecule has 0 fully saturated rings. The maximum atomic E-state index is 4.53. The third-order valence-corrected chi connectivity index (χ3v) is 4.14. The van der Waals surface area contributed by atoms with Crippen molar-refractivity contribution >= 4 is 15.9 Å². The first-order valence-electron chi connectivity index (χ1n) is 7.37. The molecular formula is C15H29BrN4. The molecule has 0 saturated carbocycles. The highest BCUT2D eigenvalue weighted by atomic mass is 79.9. The predicted octanol–water partition coefficient (Wildman–Crippen LogP) is 2.87. The number of rotatable bonds is 8. The summed E-state index contributed by atoms with van der Waals surface area (Å²) in [6.07, 6.45) is 3.01. The minimum Gasteiger partial charge on any atom is -0.314 e. The molecule has 0 aliphatic heterocycles. The molecule has 5 heteroatoms. The molecule has 4 nitrogen and oxygen atoms in total. The van der Waals surface area contributed by atoms with Crippen molar-refractivity contribution in [3.05, 3.63) is 16.4 Å². The van der Waals surface area contributed by atoms with Gasteiger partial charge in [0.2, 0.25) is 0 Å². The zero-order valence-electron chi connectivity index (χ0n) is 13.7. The van der Waals surface area contributed by atoms with Crippen molar-refractivity contribution in [2.24, 2.45) is 0 Å². The number of likely N-dealkylation sites (N-methyl/N-ethyl adjacent to an activating group) is 1. The van der Waals surface area contributed by atoms with Crippen LogP contribution in [-0.4, -0.2) is 47.9 Å². The molecule has 1 unspecified atom stereocenters. The Morgan fingerprint density at radius 2 is 2.10 bits per heavy atom. The fourth-order valence-electron chi connectivity index (χ4n) is 2.78. The summed E-state index contributed by atoms with van der Waals surface area (Å²) in [6.45, 7) is 11.9. The molecule has 0 saturated heterocycles. The second-order valence-corrected chi connectivity index (χ2v) is 7.27. The van der Waals surface area contributed by atoms with Crippen molar-refractivity contribution in [3.8, 4) is 0 Å². The summed E-state index contributed by atoms with van der Waals surface area (Å²) in [6, 6.07) is 0.499. The highest BCUT2D eigenvalue weighted by Gasteiger charge is 2.29. The first kappa shape index (κ1) is 17.7. The topological polar surface area (TPSA) is 33.1 Å². The summed E-state index contributed by atoms with van der Waals surface area (Å²) in [5.41, 5.74) is 1.38. The molecule has 0 aliphatic carbocycles. The standard InChI is InChI=1S/C15H29BrN4/c1-7-17-12(2)10-15(3,4)14-13(16)11-18-20(14)9-8-19(5)6/h11-12,17H,7-10H2,1-6H3. The Morgan fingerprint density at radius 1 is 1.45 bits per heavy atom. The monoisotopic (exact) mass is 344 g/mol. The highest BCUT2D eigenvalue weighted by Crippen LogP contribution is 2.33. The lowest BCUT2D eigenvalue weighted by Gasteiger charge is -2.30. The third-order valence-electron chi connectivity index (χ3n) is 3.56. The number of halogens is 1. The molecule has 1 atom stereocenters. The zero-order valence-corrected chi connectivity index (χ0v) is 15.3. The number of aromatic nitrogens is 2. The van der Waals surface area contributed by atoms with Gasteiger partial charge in [-0.1, -0.05) is 20.8 Å². The van der Waals surface area contributed by atoms with Gasteiger partial charge in [0.05, 0.1) is 22.9 Å². The maximum Gasteiger partial charge on any atom is 0.0635 e. The Kier molecular flexibility index (Phi) is 6.69. The molecule has 0 aliphatic rings. The van der Waals surface area contributed by atoms with Crippen molar-refractivity contribution < 1.29 is 0 Å². The predicted molar refractivity (Wildman–Crippen MR) is 89.3 cm³/mol. The average Bonchev–Trinajstić information content (AvgIpc) is 2.68. The van der Waals surface area contributed by atoms with Crippen LogP contribution in [0.15, 0.2) is 10.7 Å². The van der Waals surface area contributed by atoms with Gasteiger partial charge in [-0.3, -0.25) is 4.68 Å². The van der Waals surface area contributed by atoms with Gasteiger partial charge in [0.15, 0.2) is 0 Å². The van der Waals surface area contributed by atoms with Crippen LogP contribution in [0, 0.1) is 0 Å². The Labute approximate surface area is 132 Å². The lowest BCUT2D eigenvalue weighted by molar-refractivity contribution is 0.336. The Bertz CT molecular complexity index is 412. The van der Waals surface area contributed by atoms with Gasteiger partial charge in [-0.15, -0.1) is 0 Å². The van der Waals surface area contributed by atoms with Crippen molar-refractivity contribution in [1.82, 2.24) is 20.0 Å². The molecule has 0 bridgehead atoms. The van der Waals surface area contributed by atoms with Crippen LogP contribution in [0.4, 0.5) is 0 Å². The van der Waals surface area contributed by atoms with Crippen LogP contribution in [0.25, 0.3) is 0 Å². The molecule has 0 spiro atoms. The van der Waals surface area contributed by atoms with Gasteiger partial charge in [-0.25, -0.2) is 0 Å². The van der Waals surface area contributed by atoms with E-state index in [1.54, 1.807) is 0 Å². The van der Waals surface area contributed by atoms with Crippen LogP contribution in [0.2, 0.25) is 0 Å². The SMILES string of the molecule is CCNC(C)CC(C)(C)c1c(Br)cnn1CCN(C)C. The van der Waals surface area contributed by atoms with Crippen molar-refractivity contribution in [2.75, 3.05) is 27.2 Å². The summed E-state index contributed by atoms with van der Waals surface area (Å²) in [5.74, 6) is 0. The summed E-state index contributed by atoms with van der Waals surface area (Å²) < 4.78 is 3.26. The largest absolute Gasteiger partial charge is 0.314 e. The fraction of sp³-hybridized carbons (Fsp3) is 0.800. The van der Waals surface area contributed by atoms with Gasteiger partial charge in [0.1, 0.15) is 0 Å². The zero-order chi connectivity index (χ0) is 15.3. The minimum absolute atomic E-state index is 0.0865. The van der Waals surface area contributed by atoms with Crippen LogP contribution in [0.5, 0.6) is 0 Å². The van der Waals surface area contributed by atoms with Crippen LogP contribution in [0.3, 0.4) is 0 Å². The van der Waals surface area contributed by atoms with Crippen LogP contribution < -0.4 is 5.32 Å². The highest BCUT2D eigenvalue weighted by molar-refractivity contribution is 9.10. The van der Waals surface area contributed by atoms with E-state index < -0.39 is 0 Å². The van der Waals surface area contributed by atoms with Crippen LogP contribution in [-0.2, 0) is 12.0 Å². The number of nitrogens with one attached hydrogen (secondary N) is 1. The molecule has 20 heavy (non-hydrogen) atoms. The van der Waals surface area contributed by atoms with Crippen LogP contribution >= 0.6 is 15.9 Å². The van der Waals surface area contributed by atoms with E-state index in [-0.39, 0.29) is 5.41 Å². The first-order valence-corrected chi connectivity index (χ1v) is 8.17. The van der Waals surface area contributed by atoms with Gasteiger partial charge in [0.25, 0.3) is 0 Å². The van der Waals surface area contributed by atoms with E-state index in [1.807, 2.05) is 6.20 Å². The molecule has 1 N–H and O–H groups in total. The molecule has 1 heterocycles. The summed E-state index contributed by atoms with van der Waals surface area (Å²) in [7, 11) is 4.19. The average molecular weight is 345 g/mol. The summed E-state index contributed by atoms with van der Waals surface area (Å²) >= 11 is 3.67. The fourth-order valence-corrected chi connectivity index (χ4v) is 3.62. The van der Waals surface area contributed by atoms with Crippen LogP contribution in [0.1, 0.15) is 39.8 Å². The quantitative estimate of drug-likeness (QED) is 0.787. The van der Waals surface area contributed by atoms with E-state index in [0.717, 1.165) is 30.5 Å². The van der Waals surface area contributed by atoms with Crippen molar-refractivity contribution in [1.29, 1.82) is 0 Å². The van der Waals surface area contributed by atoms with E-state index in [4.69, 9.17) is 0 Å². The van der Waals surface area contributed by atoms with Gasteiger partial charge in [-0.05, 0) is 49.9 Å². The van der Waals surface area contributed by atoms with E-state index in [0.29, 0.717) is 6.04 Å². The summed E-state index contributed by atoms with van der Waals surface area (Å²) in [4.78, 5) is 2.19. The minimum atomic E-state index is 0.0865. The lowest BCUT2D eigenvalue weighted by Crippen LogP contribution is -2.35. The Hall–Kier alpha value is -0.390. The molecule has 1 aromatic rings. The lowest BCUT2D eigenvalue weighted by atomic mass is 9.82. The first-order chi connectivity index (χ1) is 9.27. The van der Waals surface area contributed by atoms with Gasteiger partial charge in [0, 0.05) is 18.0 Å². The second-order valence-electron chi connectivity index (χ2n) is 6.41. The van der Waals surface area contributed by atoms with Gasteiger partial charge in [-0.2, -0.15) is 5.10 Å². The Morgan fingerprint density at radius 3 is 2.65 bits per heavy atom. The van der Waals surface area contributed by atoms with E-state index in [9.17, 15) is 0 Å². The van der Waals surface area contributed by atoms with E-state index >= 15 is 0 Å².